The molecule has 0 aromatic heterocycles. The van der Waals surface area contributed by atoms with Crippen LogP contribution in [0.15, 0.2) is 72.8 Å². The fraction of sp³-hybridized carbons (Fsp3) is 0.0588. The van der Waals surface area contributed by atoms with Crippen molar-refractivity contribution in [2.45, 2.75) is 0 Å². The van der Waals surface area contributed by atoms with Gasteiger partial charge in [-0.2, -0.15) is 0 Å². The summed E-state index contributed by atoms with van der Waals surface area (Å²) < 4.78 is 5.89. The van der Waals surface area contributed by atoms with Crippen LogP contribution < -0.4 is 10.4 Å². The molecule has 20 heavy (non-hydrogen) atoms. The molecular formula is C17H14ClOSi. The first-order valence-corrected chi connectivity index (χ1v) is 8.43. The Morgan fingerprint density at radius 2 is 1.50 bits per heavy atom. The third kappa shape index (κ3) is 2.63. The highest BCUT2D eigenvalue weighted by atomic mass is 35.5. The molecule has 3 aromatic rings. The van der Waals surface area contributed by atoms with Gasteiger partial charge in [0.15, 0.2) is 0 Å². The molecule has 0 aliphatic carbocycles. The molecule has 3 rings (SSSR count). The Balaban J connectivity index is 2.15. The van der Waals surface area contributed by atoms with Gasteiger partial charge in [-0.05, 0) is 21.1 Å². The van der Waals surface area contributed by atoms with Gasteiger partial charge in [-0.3, -0.25) is 0 Å². The van der Waals surface area contributed by atoms with Crippen molar-refractivity contribution in [3.8, 4) is 0 Å². The van der Waals surface area contributed by atoms with Crippen LogP contribution in [0.1, 0.15) is 0 Å². The number of fused-ring (bicyclic) bond motifs is 1. The largest absolute Gasteiger partial charge is 0.393 e. The highest BCUT2D eigenvalue weighted by Crippen LogP contribution is 2.12. The Morgan fingerprint density at radius 1 is 0.800 bits per heavy atom. The van der Waals surface area contributed by atoms with E-state index in [1.165, 1.54) is 21.1 Å². The van der Waals surface area contributed by atoms with E-state index in [9.17, 15) is 0 Å². The molecule has 0 unspecified atom stereocenters. The molecule has 0 bridgehead atoms. The Morgan fingerprint density at radius 3 is 2.30 bits per heavy atom. The van der Waals surface area contributed by atoms with Crippen LogP contribution in [-0.4, -0.2) is 15.1 Å². The van der Waals surface area contributed by atoms with Gasteiger partial charge in [0.1, 0.15) is 6.07 Å². The minimum atomic E-state index is -1.31. The third-order valence-corrected chi connectivity index (χ3v) is 5.78. The van der Waals surface area contributed by atoms with Gasteiger partial charge in [-0.15, -0.1) is 0 Å². The predicted octanol–water partition coefficient (Wildman–Crippen LogP) is 3.16. The van der Waals surface area contributed by atoms with Gasteiger partial charge in [0.05, 0.1) is 0 Å². The van der Waals surface area contributed by atoms with Crippen LogP contribution in [-0.2, 0) is 4.43 Å². The molecule has 99 valence electrons. The van der Waals surface area contributed by atoms with Crippen LogP contribution in [0, 0.1) is 0 Å². The van der Waals surface area contributed by atoms with Crippen LogP contribution in [0.25, 0.3) is 10.8 Å². The molecule has 0 saturated heterocycles. The minimum Gasteiger partial charge on any atom is -0.393 e. The Hall–Kier alpha value is -1.61. The highest BCUT2D eigenvalue weighted by Gasteiger charge is 2.20. The molecule has 3 heteroatoms. The first-order valence-electron chi connectivity index (χ1n) is 6.49. The van der Waals surface area contributed by atoms with E-state index in [2.05, 4.69) is 54.6 Å². The molecule has 0 spiro atoms. The van der Waals surface area contributed by atoms with E-state index in [0.29, 0.717) is 0 Å². The molecule has 0 heterocycles. The second-order valence-electron chi connectivity index (χ2n) is 4.48. The summed E-state index contributed by atoms with van der Waals surface area (Å²) in [5.41, 5.74) is 0. The van der Waals surface area contributed by atoms with Crippen molar-refractivity contribution in [1.82, 2.24) is 0 Å². The topological polar surface area (TPSA) is 9.23 Å². The van der Waals surface area contributed by atoms with Gasteiger partial charge in [0.25, 0.3) is 9.04 Å². The zero-order chi connectivity index (χ0) is 13.8. The molecule has 0 N–H and O–H groups in total. The maximum atomic E-state index is 5.89. The lowest BCUT2D eigenvalue weighted by Gasteiger charge is -2.16. The lowest BCUT2D eigenvalue weighted by atomic mass is 10.1. The van der Waals surface area contributed by atoms with Crippen LogP contribution in [0.3, 0.4) is 0 Å². The van der Waals surface area contributed by atoms with Crippen molar-refractivity contribution in [2.24, 2.45) is 0 Å². The maximum absolute atomic E-state index is 5.89. The van der Waals surface area contributed by atoms with Gasteiger partial charge in [-0.1, -0.05) is 84.4 Å². The zero-order valence-corrected chi connectivity index (χ0v) is 12.7. The van der Waals surface area contributed by atoms with E-state index in [0.717, 1.165) is 0 Å². The molecule has 0 aliphatic heterocycles. The zero-order valence-electron chi connectivity index (χ0n) is 10.9. The molecule has 0 aliphatic rings. The fourth-order valence-corrected chi connectivity index (χ4v) is 4.67. The van der Waals surface area contributed by atoms with Gasteiger partial charge in [0.2, 0.25) is 0 Å². The fourth-order valence-electron chi connectivity index (χ4n) is 2.38. The summed E-state index contributed by atoms with van der Waals surface area (Å²) in [4.78, 5) is 0. The summed E-state index contributed by atoms with van der Waals surface area (Å²) in [6, 6.07) is 25.3. The van der Waals surface area contributed by atoms with E-state index in [1.54, 1.807) is 0 Å². The smallest absolute Gasteiger partial charge is 0.284 e. The molecule has 0 atom stereocenters. The molecule has 0 fully saturated rings. The third-order valence-electron chi connectivity index (χ3n) is 3.27. The number of halogens is 1. The molecule has 3 aromatic carbocycles. The monoisotopic (exact) mass is 297 g/mol. The predicted molar refractivity (Wildman–Crippen MR) is 87.2 cm³/mol. The van der Waals surface area contributed by atoms with Gasteiger partial charge in [-0.25, -0.2) is 0 Å². The quantitative estimate of drug-likeness (QED) is 0.531. The van der Waals surface area contributed by atoms with Crippen LogP contribution >= 0.6 is 11.6 Å². The Kier molecular flexibility index (Phi) is 4.16. The molecular weight excluding hydrogens is 284 g/mol. The average molecular weight is 298 g/mol. The van der Waals surface area contributed by atoms with Crippen LogP contribution in [0.2, 0.25) is 0 Å². The van der Waals surface area contributed by atoms with Crippen LogP contribution in [0.4, 0.5) is 0 Å². The average Bonchev–Trinajstić information content (AvgIpc) is 2.53. The summed E-state index contributed by atoms with van der Waals surface area (Å²) in [7, 11) is -1.31. The minimum absolute atomic E-state index is 0.215. The number of hydrogen-bond donors (Lipinski definition) is 0. The van der Waals surface area contributed by atoms with E-state index >= 15 is 0 Å². The van der Waals surface area contributed by atoms with Crippen molar-refractivity contribution >= 4 is 41.8 Å². The Labute approximate surface area is 125 Å². The number of benzene rings is 3. The first-order chi connectivity index (χ1) is 9.90. The second kappa shape index (κ2) is 6.22. The van der Waals surface area contributed by atoms with Crippen molar-refractivity contribution in [3.63, 3.8) is 0 Å². The summed E-state index contributed by atoms with van der Waals surface area (Å²) >= 11 is 5.85. The number of rotatable bonds is 4. The summed E-state index contributed by atoms with van der Waals surface area (Å²) in [6.07, 6.45) is 0. The van der Waals surface area contributed by atoms with Crippen molar-refractivity contribution in [3.05, 3.63) is 72.8 Å². The highest BCUT2D eigenvalue weighted by molar-refractivity contribution is 6.82. The van der Waals surface area contributed by atoms with Crippen molar-refractivity contribution < 1.29 is 4.43 Å². The summed E-state index contributed by atoms with van der Waals surface area (Å²) in [5.74, 6) is 0. The standard InChI is InChI=1S/C17H14ClOSi/c18-13-19-20(15-9-2-1-3-10-15)17-12-6-8-14-7-4-5-11-16(14)17/h1-12H,13H2. The van der Waals surface area contributed by atoms with Gasteiger partial charge in [0, 0.05) is 0 Å². The Bertz CT molecular complexity index is 694. The second-order valence-corrected chi connectivity index (χ2v) is 6.76. The van der Waals surface area contributed by atoms with Gasteiger partial charge < -0.3 is 4.43 Å². The SMILES string of the molecule is ClCO[Si](c1ccccc1)c1cccc2ccccc12. The summed E-state index contributed by atoms with van der Waals surface area (Å²) in [6.45, 7) is 0. The van der Waals surface area contributed by atoms with E-state index < -0.39 is 9.04 Å². The number of hydrogen-bond acceptors (Lipinski definition) is 1. The van der Waals surface area contributed by atoms with E-state index in [-0.39, 0.29) is 6.07 Å². The lowest BCUT2D eigenvalue weighted by molar-refractivity contribution is 0.410. The lowest BCUT2D eigenvalue weighted by Crippen LogP contribution is -2.45. The molecule has 1 nitrogen and oxygen atoms in total. The molecule has 1 radical (unpaired) electrons. The normalized spacial score (nSPS) is 11.1. The first kappa shape index (κ1) is 13.4. The van der Waals surface area contributed by atoms with E-state index in [4.69, 9.17) is 16.0 Å². The maximum Gasteiger partial charge on any atom is 0.284 e. The molecule has 0 amide bonds. The van der Waals surface area contributed by atoms with Crippen molar-refractivity contribution in [1.29, 1.82) is 0 Å². The summed E-state index contributed by atoms with van der Waals surface area (Å²) in [5, 5.41) is 4.95. The number of alkyl halides is 1. The van der Waals surface area contributed by atoms with Gasteiger partial charge >= 0.3 is 0 Å². The molecule has 0 saturated carbocycles. The van der Waals surface area contributed by atoms with Crippen molar-refractivity contribution in [2.75, 3.05) is 6.07 Å². The van der Waals surface area contributed by atoms with Crippen LogP contribution in [0.5, 0.6) is 0 Å². The van der Waals surface area contributed by atoms with E-state index in [1.807, 2.05) is 18.2 Å².